The van der Waals surface area contributed by atoms with Crippen LogP contribution in [0.5, 0.6) is 0 Å². The average Bonchev–Trinajstić information content (AvgIpc) is 2.90. The molecular formula is C15H14O4. The second-order valence-corrected chi connectivity index (χ2v) is 4.18. The lowest BCUT2D eigenvalue weighted by Crippen LogP contribution is -2.04. The van der Waals surface area contributed by atoms with Gasteiger partial charge in [-0.05, 0) is 30.2 Å². The Balaban J connectivity index is 2.15. The molecule has 0 amide bonds. The number of furan rings is 1. The number of carbonyl (C=O) groups is 2. The van der Waals surface area contributed by atoms with Crippen molar-refractivity contribution < 1.29 is 18.7 Å². The molecule has 98 valence electrons. The quantitative estimate of drug-likeness (QED) is 0.625. The topological polar surface area (TPSA) is 56.5 Å². The minimum atomic E-state index is -0.588. The van der Waals surface area contributed by atoms with Crippen LogP contribution in [0.2, 0.25) is 0 Å². The Morgan fingerprint density at radius 1 is 1.11 bits per heavy atom. The van der Waals surface area contributed by atoms with E-state index in [4.69, 9.17) is 4.42 Å². The molecule has 1 heterocycles. The lowest BCUT2D eigenvalue weighted by molar-refractivity contribution is 0.0563. The number of rotatable bonds is 4. The Hall–Kier alpha value is -2.36. The highest BCUT2D eigenvalue weighted by atomic mass is 16.5. The van der Waals surface area contributed by atoms with Gasteiger partial charge in [0.1, 0.15) is 0 Å². The molecule has 0 aliphatic carbocycles. The van der Waals surface area contributed by atoms with Gasteiger partial charge in [-0.2, -0.15) is 0 Å². The number of carbonyl (C=O) groups excluding carboxylic acids is 2. The average molecular weight is 258 g/mol. The molecule has 0 bridgehead atoms. The zero-order valence-electron chi connectivity index (χ0n) is 10.8. The number of ether oxygens (including phenoxy) is 1. The van der Waals surface area contributed by atoms with Crippen molar-refractivity contribution in [1.29, 1.82) is 0 Å². The van der Waals surface area contributed by atoms with Crippen LogP contribution in [0.3, 0.4) is 0 Å². The molecule has 0 fully saturated rings. The Morgan fingerprint density at radius 3 is 2.47 bits per heavy atom. The normalized spacial score (nSPS) is 10.2. The third-order valence-corrected chi connectivity index (χ3v) is 2.88. The first-order chi connectivity index (χ1) is 9.11. The van der Waals surface area contributed by atoms with Crippen molar-refractivity contribution in [2.24, 2.45) is 0 Å². The molecule has 1 aromatic heterocycles. The van der Waals surface area contributed by atoms with Crippen LogP contribution < -0.4 is 0 Å². The predicted molar refractivity (Wildman–Crippen MR) is 69.3 cm³/mol. The van der Waals surface area contributed by atoms with Gasteiger partial charge < -0.3 is 9.15 Å². The van der Waals surface area contributed by atoms with Gasteiger partial charge in [-0.15, -0.1) is 0 Å². The molecule has 0 saturated carbocycles. The van der Waals surface area contributed by atoms with E-state index in [1.54, 1.807) is 0 Å². The van der Waals surface area contributed by atoms with E-state index in [9.17, 15) is 9.59 Å². The molecule has 4 heteroatoms. The molecule has 0 spiro atoms. The molecule has 0 atom stereocenters. The number of esters is 1. The molecular weight excluding hydrogens is 244 g/mol. The molecule has 0 N–H and O–H groups in total. The molecule has 19 heavy (non-hydrogen) atoms. The molecule has 0 aliphatic heterocycles. The van der Waals surface area contributed by atoms with Crippen molar-refractivity contribution in [2.45, 2.75) is 13.3 Å². The van der Waals surface area contributed by atoms with Crippen molar-refractivity contribution in [3.8, 4) is 0 Å². The summed E-state index contributed by atoms with van der Waals surface area (Å²) in [5.41, 5.74) is 2.00. The Morgan fingerprint density at radius 2 is 1.79 bits per heavy atom. The third-order valence-electron chi connectivity index (χ3n) is 2.88. The second kappa shape index (κ2) is 5.52. The zero-order valence-corrected chi connectivity index (χ0v) is 10.8. The number of benzene rings is 1. The molecule has 0 unspecified atom stereocenters. The van der Waals surface area contributed by atoms with Crippen molar-refractivity contribution in [2.75, 3.05) is 7.11 Å². The Labute approximate surface area is 111 Å². The summed E-state index contributed by atoms with van der Waals surface area (Å²) in [6.45, 7) is 1.95. The highest BCUT2D eigenvalue weighted by Crippen LogP contribution is 2.14. The lowest BCUT2D eigenvalue weighted by Gasteiger charge is -2.02. The number of ketones is 1. The zero-order chi connectivity index (χ0) is 13.8. The fourth-order valence-corrected chi connectivity index (χ4v) is 1.77. The van der Waals surface area contributed by atoms with E-state index in [0.717, 1.165) is 11.1 Å². The highest BCUT2D eigenvalue weighted by molar-refractivity contribution is 5.96. The fourth-order valence-electron chi connectivity index (χ4n) is 1.77. The van der Waals surface area contributed by atoms with E-state index < -0.39 is 5.97 Å². The van der Waals surface area contributed by atoms with Gasteiger partial charge in [-0.1, -0.05) is 24.3 Å². The maximum absolute atomic E-state index is 12.0. The number of Topliss-reactive ketones (excluding diaryl/α,β-unsaturated/α-hetero) is 1. The van der Waals surface area contributed by atoms with Crippen LogP contribution in [0, 0.1) is 6.92 Å². The van der Waals surface area contributed by atoms with Crippen LogP contribution in [0.1, 0.15) is 32.2 Å². The minimum Gasteiger partial charge on any atom is -0.463 e. The SMILES string of the molecule is COC(=O)c1ccc(C(=O)Cc2ccccc2C)o1. The standard InChI is InChI=1S/C15H14O4/c1-10-5-3-4-6-11(10)9-12(16)13-7-8-14(19-13)15(17)18-2/h3-8H,9H2,1-2H3. The van der Waals surface area contributed by atoms with Crippen LogP contribution in [0.4, 0.5) is 0 Å². The van der Waals surface area contributed by atoms with Gasteiger partial charge in [0.05, 0.1) is 7.11 Å². The summed E-state index contributed by atoms with van der Waals surface area (Å²) in [6.07, 6.45) is 0.251. The van der Waals surface area contributed by atoms with Gasteiger partial charge in [0.2, 0.25) is 11.5 Å². The molecule has 2 aromatic rings. The van der Waals surface area contributed by atoms with E-state index in [1.165, 1.54) is 19.2 Å². The Kier molecular flexibility index (Phi) is 3.80. The highest BCUT2D eigenvalue weighted by Gasteiger charge is 2.16. The van der Waals surface area contributed by atoms with Crippen LogP contribution in [0.15, 0.2) is 40.8 Å². The van der Waals surface area contributed by atoms with Gasteiger partial charge in [-0.3, -0.25) is 4.79 Å². The van der Waals surface area contributed by atoms with Gasteiger partial charge >= 0.3 is 5.97 Å². The number of hydrogen-bond donors (Lipinski definition) is 0. The van der Waals surface area contributed by atoms with Gasteiger partial charge in [0.25, 0.3) is 0 Å². The van der Waals surface area contributed by atoms with Gasteiger partial charge in [0.15, 0.2) is 5.76 Å². The van der Waals surface area contributed by atoms with E-state index in [2.05, 4.69) is 4.74 Å². The first-order valence-electron chi connectivity index (χ1n) is 5.87. The summed E-state index contributed by atoms with van der Waals surface area (Å²) < 4.78 is 9.71. The van der Waals surface area contributed by atoms with Crippen molar-refractivity contribution in [3.05, 3.63) is 59.0 Å². The van der Waals surface area contributed by atoms with Crippen molar-refractivity contribution >= 4 is 11.8 Å². The molecule has 0 radical (unpaired) electrons. The van der Waals surface area contributed by atoms with Crippen LogP contribution in [-0.2, 0) is 11.2 Å². The fraction of sp³-hybridized carbons (Fsp3) is 0.200. The molecule has 0 aliphatic rings. The summed E-state index contributed by atoms with van der Waals surface area (Å²) in [5.74, 6) is -0.543. The first kappa shape index (κ1) is 13.1. The maximum atomic E-state index is 12.0. The maximum Gasteiger partial charge on any atom is 0.373 e. The molecule has 2 rings (SSSR count). The summed E-state index contributed by atoms with van der Waals surface area (Å²) in [5, 5.41) is 0. The van der Waals surface area contributed by atoms with Crippen LogP contribution in [-0.4, -0.2) is 18.9 Å². The molecule has 0 saturated heterocycles. The Bertz CT molecular complexity index is 610. The molecule has 1 aromatic carbocycles. The van der Waals surface area contributed by atoms with Gasteiger partial charge in [-0.25, -0.2) is 4.79 Å². The van der Waals surface area contributed by atoms with Crippen LogP contribution in [0.25, 0.3) is 0 Å². The van der Waals surface area contributed by atoms with E-state index >= 15 is 0 Å². The van der Waals surface area contributed by atoms with E-state index in [1.807, 2.05) is 31.2 Å². The first-order valence-corrected chi connectivity index (χ1v) is 5.87. The smallest absolute Gasteiger partial charge is 0.373 e. The molecule has 4 nitrogen and oxygen atoms in total. The van der Waals surface area contributed by atoms with Crippen LogP contribution >= 0.6 is 0 Å². The van der Waals surface area contributed by atoms with Crippen molar-refractivity contribution in [3.63, 3.8) is 0 Å². The third kappa shape index (κ3) is 2.91. The monoisotopic (exact) mass is 258 g/mol. The number of methoxy groups -OCH3 is 1. The lowest BCUT2D eigenvalue weighted by atomic mass is 10.0. The number of aryl methyl sites for hydroxylation is 1. The summed E-state index contributed by atoms with van der Waals surface area (Å²) >= 11 is 0. The van der Waals surface area contributed by atoms with E-state index in [-0.39, 0.29) is 23.7 Å². The summed E-state index contributed by atoms with van der Waals surface area (Å²) in [6, 6.07) is 10.6. The van der Waals surface area contributed by atoms with Crippen molar-refractivity contribution in [1.82, 2.24) is 0 Å². The second-order valence-electron chi connectivity index (χ2n) is 4.18. The largest absolute Gasteiger partial charge is 0.463 e. The minimum absolute atomic E-state index is 0.0376. The van der Waals surface area contributed by atoms with Gasteiger partial charge in [0, 0.05) is 6.42 Å². The number of hydrogen-bond acceptors (Lipinski definition) is 4. The summed E-state index contributed by atoms with van der Waals surface area (Å²) in [4.78, 5) is 23.3. The summed E-state index contributed by atoms with van der Waals surface area (Å²) in [7, 11) is 1.26. The predicted octanol–water partition coefficient (Wildman–Crippen LogP) is 2.80. The van der Waals surface area contributed by atoms with E-state index in [0.29, 0.717) is 0 Å².